The lowest BCUT2D eigenvalue weighted by molar-refractivity contribution is -0.138. The van der Waals surface area contributed by atoms with Gasteiger partial charge in [-0.25, -0.2) is 14.6 Å². The molecule has 1 aromatic heterocycles. The quantitative estimate of drug-likeness (QED) is 0.511. The molecule has 0 aliphatic carbocycles. The number of imidazole rings is 1. The highest BCUT2D eigenvalue weighted by molar-refractivity contribution is 5.91. The smallest absolute Gasteiger partial charge is 0.356 e. The van der Waals surface area contributed by atoms with Crippen LogP contribution in [0.3, 0.4) is 0 Å². The lowest BCUT2D eigenvalue weighted by Crippen LogP contribution is -2.17. The number of nitrogens with zero attached hydrogens (tertiary/aromatic N) is 2. The van der Waals surface area contributed by atoms with Crippen molar-refractivity contribution in [1.29, 1.82) is 0 Å². The molecule has 1 rings (SSSR count). The van der Waals surface area contributed by atoms with Crippen LogP contribution in [0.1, 0.15) is 42.8 Å². The second-order valence-electron chi connectivity index (χ2n) is 4.73. The summed E-state index contributed by atoms with van der Waals surface area (Å²) in [6.45, 7) is 12.0. The SMILES string of the molecule is C=C(Cc1nc(C)n(COCC)c1C(=O)OCC)C(=O)OCC. The Morgan fingerprint density at radius 3 is 2.35 bits per heavy atom. The van der Waals surface area contributed by atoms with Crippen LogP contribution >= 0.6 is 0 Å². The third-order valence-electron chi connectivity index (χ3n) is 3.07. The van der Waals surface area contributed by atoms with Crippen molar-refractivity contribution in [2.75, 3.05) is 19.8 Å². The van der Waals surface area contributed by atoms with Crippen LogP contribution in [0.5, 0.6) is 0 Å². The normalized spacial score (nSPS) is 10.4. The summed E-state index contributed by atoms with van der Waals surface area (Å²) in [5.74, 6) is -0.396. The fourth-order valence-corrected chi connectivity index (χ4v) is 2.02. The number of rotatable bonds is 9. The Morgan fingerprint density at radius 2 is 1.78 bits per heavy atom. The maximum absolute atomic E-state index is 12.3. The van der Waals surface area contributed by atoms with Gasteiger partial charge < -0.3 is 14.2 Å². The number of carbonyl (C=O) groups excluding carboxylic acids is 2. The number of hydrogen-bond acceptors (Lipinski definition) is 6. The molecule has 0 aliphatic rings. The van der Waals surface area contributed by atoms with Crippen LogP contribution in [-0.4, -0.2) is 41.3 Å². The van der Waals surface area contributed by atoms with E-state index in [2.05, 4.69) is 11.6 Å². The largest absolute Gasteiger partial charge is 0.463 e. The van der Waals surface area contributed by atoms with Crippen molar-refractivity contribution in [3.05, 3.63) is 29.4 Å². The van der Waals surface area contributed by atoms with Gasteiger partial charge in [-0.2, -0.15) is 0 Å². The zero-order valence-corrected chi connectivity index (χ0v) is 14.2. The summed E-state index contributed by atoms with van der Waals surface area (Å²) in [6, 6.07) is 0. The molecule has 0 saturated heterocycles. The lowest BCUT2D eigenvalue weighted by atomic mass is 10.1. The third kappa shape index (κ3) is 4.92. The molecule has 0 fully saturated rings. The summed E-state index contributed by atoms with van der Waals surface area (Å²) >= 11 is 0. The van der Waals surface area contributed by atoms with Crippen molar-refractivity contribution in [3.8, 4) is 0 Å². The van der Waals surface area contributed by atoms with E-state index in [0.717, 1.165) is 0 Å². The average molecular weight is 324 g/mol. The van der Waals surface area contributed by atoms with Gasteiger partial charge in [0, 0.05) is 18.6 Å². The van der Waals surface area contributed by atoms with E-state index in [-0.39, 0.29) is 37.6 Å². The van der Waals surface area contributed by atoms with Crippen molar-refractivity contribution < 1.29 is 23.8 Å². The number of carbonyl (C=O) groups is 2. The second kappa shape index (κ2) is 9.09. The fraction of sp³-hybridized carbons (Fsp3) is 0.562. The molecule has 0 radical (unpaired) electrons. The molecule has 23 heavy (non-hydrogen) atoms. The second-order valence-corrected chi connectivity index (χ2v) is 4.73. The predicted molar refractivity (Wildman–Crippen MR) is 84.0 cm³/mol. The van der Waals surface area contributed by atoms with Gasteiger partial charge >= 0.3 is 11.9 Å². The van der Waals surface area contributed by atoms with Gasteiger partial charge in [0.1, 0.15) is 12.6 Å². The molecule has 0 atom stereocenters. The molecule has 7 heteroatoms. The molecule has 7 nitrogen and oxygen atoms in total. The summed E-state index contributed by atoms with van der Waals surface area (Å²) in [6.07, 6.45) is 0.118. The van der Waals surface area contributed by atoms with Gasteiger partial charge in [0.2, 0.25) is 0 Å². The maximum Gasteiger partial charge on any atom is 0.356 e. The Labute approximate surface area is 136 Å². The van der Waals surface area contributed by atoms with Gasteiger partial charge in [-0.1, -0.05) is 6.58 Å². The summed E-state index contributed by atoms with van der Waals surface area (Å²) in [7, 11) is 0. The van der Waals surface area contributed by atoms with Crippen LogP contribution in [0.15, 0.2) is 12.2 Å². The van der Waals surface area contributed by atoms with Gasteiger partial charge in [0.05, 0.1) is 18.9 Å². The minimum atomic E-state index is -0.501. The van der Waals surface area contributed by atoms with E-state index >= 15 is 0 Å². The Hall–Kier alpha value is -2.15. The van der Waals surface area contributed by atoms with Crippen molar-refractivity contribution in [1.82, 2.24) is 9.55 Å². The molecule has 0 aliphatic heterocycles. The zero-order chi connectivity index (χ0) is 17.4. The Bertz CT molecular complexity index is 577. The highest BCUT2D eigenvalue weighted by atomic mass is 16.5. The number of esters is 2. The van der Waals surface area contributed by atoms with Crippen LogP contribution in [0, 0.1) is 6.92 Å². The molecular weight excluding hydrogens is 300 g/mol. The van der Waals surface area contributed by atoms with E-state index in [1.54, 1.807) is 25.3 Å². The first kappa shape index (κ1) is 18.9. The zero-order valence-electron chi connectivity index (χ0n) is 14.2. The van der Waals surface area contributed by atoms with Gasteiger partial charge in [0.25, 0.3) is 0 Å². The molecule has 0 spiro atoms. The van der Waals surface area contributed by atoms with E-state index in [1.807, 2.05) is 6.92 Å². The maximum atomic E-state index is 12.3. The molecule has 1 heterocycles. The van der Waals surface area contributed by atoms with Crippen LogP contribution in [0.2, 0.25) is 0 Å². The van der Waals surface area contributed by atoms with E-state index in [4.69, 9.17) is 14.2 Å². The first-order chi connectivity index (χ1) is 11.0. The minimum absolute atomic E-state index is 0.118. The summed E-state index contributed by atoms with van der Waals surface area (Å²) in [5.41, 5.74) is 0.945. The summed E-state index contributed by atoms with van der Waals surface area (Å²) < 4.78 is 17.0. The monoisotopic (exact) mass is 324 g/mol. The fourth-order valence-electron chi connectivity index (χ4n) is 2.02. The predicted octanol–water partition coefficient (Wildman–Crippen LogP) is 2.02. The first-order valence-electron chi connectivity index (χ1n) is 7.61. The van der Waals surface area contributed by atoms with E-state index in [0.29, 0.717) is 18.1 Å². The number of aromatic nitrogens is 2. The standard InChI is InChI=1S/C16H24N2O5/c1-6-21-10-18-12(5)17-13(14(18)16(20)23-8-3)9-11(4)15(19)22-7-2/h4,6-10H2,1-3,5H3. The first-order valence-corrected chi connectivity index (χ1v) is 7.61. The third-order valence-corrected chi connectivity index (χ3v) is 3.07. The molecule has 0 amide bonds. The molecule has 0 unspecified atom stereocenters. The van der Waals surface area contributed by atoms with Crippen molar-refractivity contribution >= 4 is 11.9 Å². The molecule has 0 bridgehead atoms. The Kier molecular flexibility index (Phi) is 7.47. The van der Waals surface area contributed by atoms with Gasteiger partial charge in [0.15, 0.2) is 5.69 Å². The van der Waals surface area contributed by atoms with Gasteiger partial charge in [-0.3, -0.25) is 4.57 Å². The highest BCUT2D eigenvalue weighted by Gasteiger charge is 2.24. The number of aryl methyl sites for hydroxylation is 1. The number of hydrogen-bond donors (Lipinski definition) is 0. The van der Waals surface area contributed by atoms with Crippen LogP contribution in [0.4, 0.5) is 0 Å². The van der Waals surface area contributed by atoms with Gasteiger partial charge in [-0.05, 0) is 27.7 Å². The molecule has 1 aromatic rings. The van der Waals surface area contributed by atoms with Crippen LogP contribution in [-0.2, 0) is 32.2 Å². The lowest BCUT2D eigenvalue weighted by Gasteiger charge is -2.11. The van der Waals surface area contributed by atoms with E-state index in [9.17, 15) is 9.59 Å². The van der Waals surface area contributed by atoms with E-state index < -0.39 is 11.9 Å². The summed E-state index contributed by atoms with van der Waals surface area (Å²) in [5, 5.41) is 0. The molecular formula is C16H24N2O5. The summed E-state index contributed by atoms with van der Waals surface area (Å²) in [4.78, 5) is 28.3. The topological polar surface area (TPSA) is 79.7 Å². The number of ether oxygens (including phenoxy) is 3. The van der Waals surface area contributed by atoms with Gasteiger partial charge in [-0.15, -0.1) is 0 Å². The van der Waals surface area contributed by atoms with Crippen molar-refractivity contribution in [3.63, 3.8) is 0 Å². The molecule has 0 saturated carbocycles. The van der Waals surface area contributed by atoms with Crippen LogP contribution < -0.4 is 0 Å². The van der Waals surface area contributed by atoms with Crippen LogP contribution in [0.25, 0.3) is 0 Å². The van der Waals surface area contributed by atoms with E-state index in [1.165, 1.54) is 0 Å². The Balaban J connectivity index is 3.12. The van der Waals surface area contributed by atoms with Crippen molar-refractivity contribution in [2.45, 2.75) is 40.8 Å². The molecule has 128 valence electrons. The molecule has 0 aromatic carbocycles. The highest BCUT2D eigenvalue weighted by Crippen LogP contribution is 2.17. The van der Waals surface area contributed by atoms with Crippen molar-refractivity contribution in [2.24, 2.45) is 0 Å². The molecule has 0 N–H and O–H groups in total. The average Bonchev–Trinajstić information content (AvgIpc) is 2.81. The Morgan fingerprint density at radius 1 is 1.13 bits per heavy atom. The minimum Gasteiger partial charge on any atom is -0.463 e.